The molecule has 1 aromatic heterocycles. The predicted octanol–water partition coefficient (Wildman–Crippen LogP) is 3.09. The van der Waals surface area contributed by atoms with Crippen molar-refractivity contribution in [3.63, 3.8) is 0 Å². The van der Waals surface area contributed by atoms with Crippen LogP contribution in [0.3, 0.4) is 0 Å². The van der Waals surface area contributed by atoms with Crippen LogP contribution in [0.15, 0.2) is 39.6 Å². The third-order valence-electron chi connectivity index (χ3n) is 2.69. The molecule has 0 bridgehead atoms. The van der Waals surface area contributed by atoms with Crippen molar-refractivity contribution in [1.82, 2.24) is 15.3 Å². The minimum Gasteiger partial charge on any atom is -0.307 e. The topological polar surface area (TPSA) is 57.8 Å². The summed E-state index contributed by atoms with van der Waals surface area (Å²) in [6.45, 7) is 6.80. The quantitative estimate of drug-likeness (QED) is 0.906. The summed E-state index contributed by atoms with van der Waals surface area (Å²) in [7, 11) is 0. The monoisotopic (exact) mass is 335 g/mol. The van der Waals surface area contributed by atoms with E-state index < -0.39 is 0 Å². The van der Waals surface area contributed by atoms with Crippen molar-refractivity contribution in [3.05, 3.63) is 50.9 Å². The maximum Gasteiger partial charge on any atom is 0.251 e. The van der Waals surface area contributed by atoms with Gasteiger partial charge in [0.25, 0.3) is 5.56 Å². The Bertz CT molecular complexity index is 659. The Morgan fingerprint density at radius 2 is 2.05 bits per heavy atom. The first-order valence-corrected chi connectivity index (χ1v) is 7.24. The molecule has 20 heavy (non-hydrogen) atoms. The molecule has 0 aliphatic carbocycles. The Morgan fingerprint density at radius 3 is 2.70 bits per heavy atom. The van der Waals surface area contributed by atoms with E-state index in [9.17, 15) is 4.79 Å². The molecule has 0 saturated heterocycles. The van der Waals surface area contributed by atoms with Crippen molar-refractivity contribution < 1.29 is 0 Å². The number of halogens is 1. The molecule has 1 aromatic carbocycles. The van der Waals surface area contributed by atoms with E-state index in [1.54, 1.807) is 0 Å². The molecule has 0 spiro atoms. The second kappa shape index (κ2) is 5.89. The fourth-order valence-corrected chi connectivity index (χ4v) is 2.13. The first kappa shape index (κ1) is 14.9. The van der Waals surface area contributed by atoms with Gasteiger partial charge in [0.05, 0.1) is 5.69 Å². The molecule has 0 amide bonds. The Hall–Kier alpha value is -1.46. The number of H-pyrrole nitrogens is 1. The zero-order valence-electron chi connectivity index (χ0n) is 11.8. The standard InChI is InChI=1S/C15H18BrN3O/c1-15(2,3)17-9-12-8-13(20)19-14(18-12)10-5-4-6-11(16)7-10/h4-8,17H,9H2,1-3H3,(H,18,19,20). The normalized spacial score (nSPS) is 11.6. The number of nitrogens with one attached hydrogen (secondary N) is 2. The smallest absolute Gasteiger partial charge is 0.251 e. The average Bonchev–Trinajstić information content (AvgIpc) is 2.35. The predicted molar refractivity (Wildman–Crippen MR) is 84.6 cm³/mol. The SMILES string of the molecule is CC(C)(C)NCc1cc(=O)[nH]c(-c2cccc(Br)c2)n1. The number of rotatable bonds is 3. The minimum absolute atomic E-state index is 0.0137. The second-order valence-electron chi connectivity index (χ2n) is 5.70. The van der Waals surface area contributed by atoms with Gasteiger partial charge in [-0.05, 0) is 32.9 Å². The van der Waals surface area contributed by atoms with Gasteiger partial charge < -0.3 is 10.3 Å². The van der Waals surface area contributed by atoms with E-state index in [-0.39, 0.29) is 11.1 Å². The maximum atomic E-state index is 11.8. The van der Waals surface area contributed by atoms with Crippen LogP contribution in [0.5, 0.6) is 0 Å². The highest BCUT2D eigenvalue weighted by molar-refractivity contribution is 9.10. The molecule has 106 valence electrons. The van der Waals surface area contributed by atoms with Crippen LogP contribution in [0.25, 0.3) is 11.4 Å². The van der Waals surface area contributed by atoms with E-state index in [0.717, 1.165) is 15.7 Å². The number of aromatic nitrogens is 2. The molecule has 0 aliphatic rings. The van der Waals surface area contributed by atoms with E-state index in [0.29, 0.717) is 12.4 Å². The first-order valence-electron chi connectivity index (χ1n) is 6.45. The third kappa shape index (κ3) is 4.28. The summed E-state index contributed by atoms with van der Waals surface area (Å²) in [6, 6.07) is 9.23. The number of hydrogen-bond donors (Lipinski definition) is 2. The van der Waals surface area contributed by atoms with Crippen LogP contribution < -0.4 is 10.9 Å². The zero-order chi connectivity index (χ0) is 14.8. The molecule has 2 aromatic rings. The van der Waals surface area contributed by atoms with Crippen molar-refractivity contribution >= 4 is 15.9 Å². The molecule has 4 nitrogen and oxygen atoms in total. The summed E-state index contributed by atoms with van der Waals surface area (Å²) < 4.78 is 0.955. The lowest BCUT2D eigenvalue weighted by Gasteiger charge is -2.20. The highest BCUT2D eigenvalue weighted by Crippen LogP contribution is 2.19. The van der Waals surface area contributed by atoms with Gasteiger partial charge in [-0.2, -0.15) is 0 Å². The van der Waals surface area contributed by atoms with Crippen LogP contribution in [0.2, 0.25) is 0 Å². The molecule has 0 radical (unpaired) electrons. The fourth-order valence-electron chi connectivity index (χ4n) is 1.73. The van der Waals surface area contributed by atoms with Gasteiger partial charge in [-0.1, -0.05) is 28.1 Å². The summed E-state index contributed by atoms with van der Waals surface area (Å²) in [6.07, 6.45) is 0. The molecule has 2 rings (SSSR count). The van der Waals surface area contributed by atoms with Gasteiger partial charge in [0.15, 0.2) is 0 Å². The minimum atomic E-state index is -0.138. The molecule has 5 heteroatoms. The average molecular weight is 336 g/mol. The van der Waals surface area contributed by atoms with Gasteiger partial charge in [-0.3, -0.25) is 4.79 Å². The molecule has 0 unspecified atom stereocenters. The summed E-state index contributed by atoms with van der Waals surface area (Å²) in [5, 5.41) is 3.33. The van der Waals surface area contributed by atoms with Crippen LogP contribution in [-0.2, 0) is 6.54 Å². The van der Waals surface area contributed by atoms with Gasteiger partial charge in [-0.15, -0.1) is 0 Å². The molecule has 0 atom stereocenters. The van der Waals surface area contributed by atoms with Crippen LogP contribution in [0, 0.1) is 0 Å². The van der Waals surface area contributed by atoms with Gasteiger partial charge in [0.1, 0.15) is 5.82 Å². The number of nitrogens with zero attached hydrogens (tertiary/aromatic N) is 1. The summed E-state index contributed by atoms with van der Waals surface area (Å²) in [5.74, 6) is 0.588. The Labute approximate surface area is 126 Å². The van der Waals surface area contributed by atoms with Crippen LogP contribution >= 0.6 is 15.9 Å². The number of benzene rings is 1. The summed E-state index contributed by atoms with van der Waals surface area (Å²) in [5.41, 5.74) is 1.47. The summed E-state index contributed by atoms with van der Waals surface area (Å²) in [4.78, 5) is 19.0. The largest absolute Gasteiger partial charge is 0.307 e. The van der Waals surface area contributed by atoms with E-state index in [1.807, 2.05) is 24.3 Å². The molecule has 0 fully saturated rings. The van der Waals surface area contributed by atoms with E-state index in [2.05, 4.69) is 52.0 Å². The first-order chi connectivity index (χ1) is 9.33. The fraction of sp³-hybridized carbons (Fsp3) is 0.333. The molecular weight excluding hydrogens is 318 g/mol. The number of hydrogen-bond acceptors (Lipinski definition) is 3. The van der Waals surface area contributed by atoms with E-state index in [4.69, 9.17) is 0 Å². The van der Waals surface area contributed by atoms with Crippen molar-refractivity contribution in [2.24, 2.45) is 0 Å². The Morgan fingerprint density at radius 1 is 1.30 bits per heavy atom. The highest BCUT2D eigenvalue weighted by Gasteiger charge is 2.10. The van der Waals surface area contributed by atoms with Gasteiger partial charge in [0, 0.05) is 28.2 Å². The van der Waals surface area contributed by atoms with Crippen molar-refractivity contribution in [3.8, 4) is 11.4 Å². The van der Waals surface area contributed by atoms with Gasteiger partial charge in [0.2, 0.25) is 0 Å². The van der Waals surface area contributed by atoms with E-state index in [1.165, 1.54) is 6.07 Å². The lowest BCUT2D eigenvalue weighted by Crippen LogP contribution is -2.35. The lowest BCUT2D eigenvalue weighted by molar-refractivity contribution is 0.421. The van der Waals surface area contributed by atoms with E-state index >= 15 is 0 Å². The van der Waals surface area contributed by atoms with Crippen LogP contribution in [-0.4, -0.2) is 15.5 Å². The van der Waals surface area contributed by atoms with Gasteiger partial charge >= 0.3 is 0 Å². The van der Waals surface area contributed by atoms with Crippen LogP contribution in [0.4, 0.5) is 0 Å². The maximum absolute atomic E-state index is 11.8. The molecule has 0 saturated carbocycles. The zero-order valence-corrected chi connectivity index (χ0v) is 13.4. The van der Waals surface area contributed by atoms with Gasteiger partial charge in [-0.25, -0.2) is 4.98 Å². The third-order valence-corrected chi connectivity index (χ3v) is 3.19. The van der Waals surface area contributed by atoms with Crippen molar-refractivity contribution in [2.45, 2.75) is 32.9 Å². The molecule has 1 heterocycles. The molecule has 2 N–H and O–H groups in total. The van der Waals surface area contributed by atoms with Crippen molar-refractivity contribution in [2.75, 3.05) is 0 Å². The highest BCUT2D eigenvalue weighted by atomic mass is 79.9. The number of aromatic amines is 1. The second-order valence-corrected chi connectivity index (χ2v) is 6.61. The molecule has 0 aliphatic heterocycles. The Kier molecular flexibility index (Phi) is 4.40. The lowest BCUT2D eigenvalue weighted by atomic mass is 10.1. The Balaban J connectivity index is 2.32. The summed E-state index contributed by atoms with van der Waals surface area (Å²) >= 11 is 3.42. The van der Waals surface area contributed by atoms with Crippen LogP contribution in [0.1, 0.15) is 26.5 Å². The molecular formula is C15H18BrN3O. The van der Waals surface area contributed by atoms with Crippen molar-refractivity contribution in [1.29, 1.82) is 0 Å².